The van der Waals surface area contributed by atoms with Crippen LogP contribution in [0.4, 0.5) is 0 Å². The molecule has 1 heterocycles. The van der Waals surface area contributed by atoms with E-state index >= 15 is 0 Å². The van der Waals surface area contributed by atoms with E-state index in [0.29, 0.717) is 0 Å². The molecule has 1 aliphatic carbocycles. The average molecular weight is 353 g/mol. The lowest BCUT2D eigenvalue weighted by atomic mass is 9.83. The largest absolute Gasteiger partial charge is 0.130 e. The summed E-state index contributed by atoms with van der Waals surface area (Å²) in [5, 5.41) is 0. The highest BCUT2D eigenvalue weighted by Gasteiger charge is 2.26. The van der Waals surface area contributed by atoms with Crippen molar-refractivity contribution in [1.29, 1.82) is 0 Å². The Balaban J connectivity index is 0.00000139. The van der Waals surface area contributed by atoms with Gasteiger partial charge in [0.15, 0.2) is 0 Å². The standard InChI is InChI=1S/C21H38S.C2H6/c1-3-5-13-18-14-9-7-6-8-10-15-19(12-4-2)21-20(18)16-11-17-22-21;1-2/h18-19H,3-17H2,1-2H3;1-2H3. The van der Waals surface area contributed by atoms with E-state index in [4.69, 9.17) is 0 Å². The van der Waals surface area contributed by atoms with Gasteiger partial charge in [-0.05, 0) is 61.0 Å². The van der Waals surface area contributed by atoms with Gasteiger partial charge in [0.1, 0.15) is 0 Å². The topological polar surface area (TPSA) is 0 Å². The lowest BCUT2D eigenvalue weighted by Gasteiger charge is -2.31. The summed E-state index contributed by atoms with van der Waals surface area (Å²) in [5.41, 5.74) is 1.94. The maximum absolute atomic E-state index is 2.38. The van der Waals surface area contributed by atoms with Gasteiger partial charge < -0.3 is 0 Å². The van der Waals surface area contributed by atoms with Crippen molar-refractivity contribution in [2.75, 3.05) is 5.75 Å². The Morgan fingerprint density at radius 1 is 0.792 bits per heavy atom. The van der Waals surface area contributed by atoms with Crippen molar-refractivity contribution in [1.82, 2.24) is 0 Å². The summed E-state index contributed by atoms with van der Waals surface area (Å²) in [6, 6.07) is 0. The monoisotopic (exact) mass is 352 g/mol. The fraction of sp³-hybridized carbons (Fsp3) is 0.913. The molecule has 0 fully saturated rings. The molecule has 2 unspecified atom stereocenters. The SMILES string of the molecule is CC.CCCCC1CCCCCCCC(CCC)C2=C1CCCS2. The molecule has 0 saturated heterocycles. The van der Waals surface area contributed by atoms with Gasteiger partial charge in [0.2, 0.25) is 0 Å². The number of hydrogen-bond acceptors (Lipinski definition) is 1. The van der Waals surface area contributed by atoms with Gasteiger partial charge in [0.25, 0.3) is 0 Å². The molecule has 0 nitrogen and oxygen atoms in total. The third-order valence-electron chi connectivity index (χ3n) is 5.68. The molecule has 0 aromatic carbocycles. The van der Waals surface area contributed by atoms with E-state index in [1.54, 1.807) is 0 Å². The lowest BCUT2D eigenvalue weighted by molar-refractivity contribution is 0.447. The fourth-order valence-electron chi connectivity index (χ4n) is 4.46. The predicted molar refractivity (Wildman–Crippen MR) is 114 cm³/mol. The van der Waals surface area contributed by atoms with Crippen LogP contribution in [0.1, 0.15) is 118 Å². The minimum Gasteiger partial charge on any atom is -0.130 e. The third-order valence-corrected chi connectivity index (χ3v) is 7.08. The quantitative estimate of drug-likeness (QED) is 0.476. The summed E-state index contributed by atoms with van der Waals surface area (Å²) in [6.07, 6.45) is 20.3. The highest BCUT2D eigenvalue weighted by molar-refractivity contribution is 8.03. The van der Waals surface area contributed by atoms with Crippen LogP contribution in [0.3, 0.4) is 0 Å². The maximum atomic E-state index is 2.38. The van der Waals surface area contributed by atoms with Crippen molar-refractivity contribution in [3.8, 4) is 0 Å². The van der Waals surface area contributed by atoms with Gasteiger partial charge in [-0.25, -0.2) is 0 Å². The number of hydrogen-bond donors (Lipinski definition) is 0. The first-order chi connectivity index (χ1) is 11.9. The minimum absolute atomic E-state index is 0.910. The first-order valence-corrected chi connectivity index (χ1v) is 12.2. The number of rotatable bonds is 5. The van der Waals surface area contributed by atoms with Crippen LogP contribution in [-0.2, 0) is 0 Å². The highest BCUT2D eigenvalue weighted by atomic mass is 32.2. The van der Waals surface area contributed by atoms with E-state index < -0.39 is 0 Å². The molecule has 1 aliphatic heterocycles. The number of unbranched alkanes of at least 4 members (excludes halogenated alkanes) is 1. The van der Waals surface area contributed by atoms with E-state index in [9.17, 15) is 0 Å². The van der Waals surface area contributed by atoms with Gasteiger partial charge in [0.05, 0.1) is 0 Å². The molecule has 2 aliphatic rings. The Hall–Kier alpha value is 0.0900. The maximum Gasteiger partial charge on any atom is -0.00201 e. The smallest absolute Gasteiger partial charge is 0.00201 e. The van der Waals surface area contributed by atoms with E-state index in [-0.39, 0.29) is 0 Å². The molecule has 0 aromatic heterocycles. The van der Waals surface area contributed by atoms with Crippen LogP contribution in [0.15, 0.2) is 10.5 Å². The second kappa shape index (κ2) is 14.3. The summed E-state index contributed by atoms with van der Waals surface area (Å²) in [4.78, 5) is 1.89. The number of allylic oxidation sites excluding steroid dienone is 2. The Morgan fingerprint density at radius 2 is 1.46 bits per heavy atom. The zero-order chi connectivity index (χ0) is 17.6. The summed E-state index contributed by atoms with van der Waals surface area (Å²) >= 11 is 2.26. The van der Waals surface area contributed by atoms with Crippen LogP contribution in [0.2, 0.25) is 0 Å². The van der Waals surface area contributed by atoms with Crippen molar-refractivity contribution < 1.29 is 0 Å². The van der Waals surface area contributed by atoms with Crippen molar-refractivity contribution in [3.63, 3.8) is 0 Å². The van der Waals surface area contributed by atoms with Crippen molar-refractivity contribution in [2.45, 2.75) is 118 Å². The van der Waals surface area contributed by atoms with Gasteiger partial charge in [-0.2, -0.15) is 0 Å². The lowest BCUT2D eigenvalue weighted by Crippen LogP contribution is -2.15. The summed E-state index contributed by atoms with van der Waals surface area (Å²) in [6.45, 7) is 8.74. The van der Waals surface area contributed by atoms with E-state index in [1.165, 1.54) is 95.6 Å². The Bertz CT molecular complexity index is 331. The Morgan fingerprint density at radius 3 is 2.12 bits per heavy atom. The summed E-state index contributed by atoms with van der Waals surface area (Å²) in [7, 11) is 0. The molecule has 0 N–H and O–H groups in total. The van der Waals surface area contributed by atoms with Crippen LogP contribution in [-0.4, -0.2) is 5.75 Å². The van der Waals surface area contributed by atoms with Crippen LogP contribution in [0.5, 0.6) is 0 Å². The van der Waals surface area contributed by atoms with E-state index in [1.807, 2.05) is 24.3 Å². The van der Waals surface area contributed by atoms with Crippen molar-refractivity contribution in [2.24, 2.45) is 11.8 Å². The summed E-state index contributed by atoms with van der Waals surface area (Å²) < 4.78 is 0. The molecule has 0 saturated carbocycles. The van der Waals surface area contributed by atoms with Crippen LogP contribution in [0, 0.1) is 11.8 Å². The van der Waals surface area contributed by atoms with Crippen LogP contribution >= 0.6 is 11.8 Å². The highest BCUT2D eigenvalue weighted by Crippen LogP contribution is 2.44. The van der Waals surface area contributed by atoms with Gasteiger partial charge in [-0.1, -0.05) is 84.6 Å². The number of thioether (sulfide) groups is 1. The van der Waals surface area contributed by atoms with E-state index in [2.05, 4.69) is 25.6 Å². The molecule has 2 atom stereocenters. The molecule has 0 spiro atoms. The van der Waals surface area contributed by atoms with Gasteiger partial charge in [-0.15, -0.1) is 11.8 Å². The Kier molecular flexibility index (Phi) is 13.2. The molecule has 1 heteroatoms. The molecular formula is C23H44S. The molecule has 0 bridgehead atoms. The van der Waals surface area contributed by atoms with Crippen molar-refractivity contribution >= 4 is 11.8 Å². The second-order valence-corrected chi connectivity index (χ2v) is 8.65. The molecule has 0 amide bonds. The second-order valence-electron chi connectivity index (χ2n) is 7.51. The minimum atomic E-state index is 0.910. The zero-order valence-corrected chi connectivity index (χ0v) is 18.0. The predicted octanol–water partition coefficient (Wildman–Crippen LogP) is 8.76. The third kappa shape index (κ3) is 7.54. The first kappa shape index (κ1) is 22.1. The van der Waals surface area contributed by atoms with E-state index in [0.717, 1.165) is 11.8 Å². The van der Waals surface area contributed by atoms with Gasteiger partial charge >= 0.3 is 0 Å². The molecule has 24 heavy (non-hydrogen) atoms. The molecule has 0 aromatic rings. The van der Waals surface area contributed by atoms with Crippen LogP contribution in [0.25, 0.3) is 0 Å². The van der Waals surface area contributed by atoms with Gasteiger partial charge in [-0.3, -0.25) is 0 Å². The van der Waals surface area contributed by atoms with Crippen LogP contribution < -0.4 is 0 Å². The normalized spacial score (nSPS) is 26.0. The van der Waals surface area contributed by atoms with Gasteiger partial charge in [0, 0.05) is 0 Å². The first-order valence-electron chi connectivity index (χ1n) is 11.2. The Labute approximate surface area is 157 Å². The summed E-state index contributed by atoms with van der Waals surface area (Å²) in [5.74, 6) is 3.23. The molecule has 142 valence electrons. The fourth-order valence-corrected chi connectivity index (χ4v) is 5.89. The molecular weight excluding hydrogens is 308 g/mol. The average Bonchev–Trinajstić information content (AvgIpc) is 2.67. The zero-order valence-electron chi connectivity index (χ0n) is 17.2. The molecule has 2 rings (SSSR count). The van der Waals surface area contributed by atoms with Crippen molar-refractivity contribution in [3.05, 3.63) is 10.5 Å². The molecule has 0 radical (unpaired) electrons.